The van der Waals surface area contributed by atoms with Gasteiger partial charge in [0.15, 0.2) is 5.76 Å². The summed E-state index contributed by atoms with van der Waals surface area (Å²) in [6.45, 7) is -0.742. The lowest BCUT2D eigenvalue weighted by atomic mass is 9.99. The molecule has 1 fully saturated rings. The number of benzene rings is 3. The second-order valence-corrected chi connectivity index (χ2v) is 9.61. The summed E-state index contributed by atoms with van der Waals surface area (Å²) in [5.74, 6) is -2.50. The molecule has 43 heavy (non-hydrogen) atoms. The van der Waals surface area contributed by atoms with E-state index in [1.165, 1.54) is 48.5 Å². The van der Waals surface area contributed by atoms with E-state index in [4.69, 9.17) is 18.6 Å². The highest BCUT2D eigenvalue weighted by atomic mass is 16.7. The maximum absolute atomic E-state index is 13.7. The lowest BCUT2D eigenvalue weighted by Crippen LogP contribution is -2.60. The Kier molecular flexibility index (Phi) is 8.34. The molecule has 5 rings (SSSR count). The Hall–Kier alpha value is -4.92. The molecule has 0 saturated carbocycles. The summed E-state index contributed by atoms with van der Waals surface area (Å²) in [6, 6.07) is 13.6. The van der Waals surface area contributed by atoms with Crippen LogP contribution in [0.2, 0.25) is 0 Å². The van der Waals surface area contributed by atoms with Crippen molar-refractivity contribution in [1.82, 2.24) is 0 Å². The third kappa shape index (κ3) is 6.16. The SMILES string of the molecule is O=C(C=Cc1ccc(O)cc1)Oc1cc(O)c2c(=O)c(OC3OC(CO)C(O)C(O)C3O)c(-c3ccc(O)cc3)oc2c1. The lowest BCUT2D eigenvalue weighted by molar-refractivity contribution is -0.277. The Balaban J connectivity index is 1.54. The number of aliphatic hydroxyl groups is 4. The molecule has 0 amide bonds. The van der Waals surface area contributed by atoms with Crippen LogP contribution in [0.15, 0.2) is 76.0 Å². The van der Waals surface area contributed by atoms with E-state index in [0.717, 1.165) is 12.1 Å². The number of rotatable bonds is 7. The number of fused-ring (bicyclic) bond motifs is 1. The van der Waals surface area contributed by atoms with Gasteiger partial charge in [-0.3, -0.25) is 4.79 Å². The summed E-state index contributed by atoms with van der Waals surface area (Å²) in [6.07, 6.45) is -5.86. The summed E-state index contributed by atoms with van der Waals surface area (Å²) >= 11 is 0. The van der Waals surface area contributed by atoms with Gasteiger partial charge in [0.25, 0.3) is 0 Å². The second-order valence-electron chi connectivity index (χ2n) is 9.61. The minimum absolute atomic E-state index is 0.0567. The monoisotopic (exact) mass is 594 g/mol. The summed E-state index contributed by atoms with van der Waals surface area (Å²) in [7, 11) is 0. The van der Waals surface area contributed by atoms with Gasteiger partial charge in [-0.05, 0) is 48.0 Å². The molecule has 2 heterocycles. The number of esters is 1. The minimum Gasteiger partial charge on any atom is -0.508 e. The molecule has 0 bridgehead atoms. The van der Waals surface area contributed by atoms with Gasteiger partial charge in [-0.15, -0.1) is 0 Å². The van der Waals surface area contributed by atoms with Crippen LogP contribution in [0.1, 0.15) is 5.56 Å². The number of phenolic OH excluding ortho intramolecular Hbond substituents is 3. The van der Waals surface area contributed by atoms with Gasteiger partial charge in [0.05, 0.1) is 6.61 Å². The smallest absolute Gasteiger partial charge is 0.336 e. The number of carbonyl (C=O) groups is 1. The van der Waals surface area contributed by atoms with Crippen molar-refractivity contribution in [1.29, 1.82) is 0 Å². The zero-order chi connectivity index (χ0) is 30.8. The maximum atomic E-state index is 13.7. The van der Waals surface area contributed by atoms with Gasteiger partial charge in [-0.25, -0.2) is 4.79 Å². The van der Waals surface area contributed by atoms with Crippen LogP contribution in [0.4, 0.5) is 0 Å². The van der Waals surface area contributed by atoms with Crippen molar-refractivity contribution in [2.75, 3.05) is 6.61 Å². The molecule has 0 aliphatic carbocycles. The molecule has 5 unspecified atom stereocenters. The van der Waals surface area contributed by atoms with Gasteiger partial charge in [0.1, 0.15) is 58.4 Å². The van der Waals surface area contributed by atoms with Crippen molar-refractivity contribution >= 4 is 23.0 Å². The van der Waals surface area contributed by atoms with Crippen LogP contribution in [-0.2, 0) is 9.53 Å². The molecular weight excluding hydrogens is 568 g/mol. The fraction of sp³-hybridized carbons (Fsp3) is 0.200. The summed E-state index contributed by atoms with van der Waals surface area (Å²) < 4.78 is 22.2. The highest BCUT2D eigenvalue weighted by Gasteiger charge is 2.45. The molecule has 5 atom stereocenters. The number of aromatic hydroxyl groups is 3. The van der Waals surface area contributed by atoms with Crippen LogP contribution in [0.25, 0.3) is 28.4 Å². The Morgan fingerprint density at radius 1 is 0.884 bits per heavy atom. The maximum Gasteiger partial charge on any atom is 0.336 e. The topological polar surface area (TPSA) is 217 Å². The number of ether oxygens (including phenoxy) is 3. The normalized spacial score (nSPS) is 22.1. The van der Waals surface area contributed by atoms with Crippen LogP contribution >= 0.6 is 0 Å². The van der Waals surface area contributed by atoms with Gasteiger partial charge >= 0.3 is 5.97 Å². The molecule has 13 nitrogen and oxygen atoms in total. The van der Waals surface area contributed by atoms with Gasteiger partial charge in [-0.2, -0.15) is 0 Å². The Bertz CT molecular complexity index is 1710. The average Bonchev–Trinajstić information content (AvgIpc) is 2.98. The van der Waals surface area contributed by atoms with Crippen molar-refractivity contribution in [2.45, 2.75) is 30.7 Å². The molecule has 3 aromatic carbocycles. The molecule has 4 aromatic rings. The van der Waals surface area contributed by atoms with Gasteiger partial charge < -0.3 is 54.4 Å². The van der Waals surface area contributed by atoms with E-state index in [9.17, 15) is 45.3 Å². The molecule has 13 heteroatoms. The van der Waals surface area contributed by atoms with Crippen molar-refractivity contribution in [3.05, 3.63) is 82.5 Å². The first-order valence-corrected chi connectivity index (χ1v) is 12.8. The zero-order valence-corrected chi connectivity index (χ0v) is 22.1. The standard InChI is InChI=1S/C30H26O13/c31-13-21-24(36)26(38)27(39)30(42-21)43-29-25(37)23-19(34)11-18(40-22(35)10-3-14-1-6-16(32)7-2-14)12-20(23)41-28(29)15-4-8-17(33)9-5-15/h1-12,21,24,26-27,30-34,36,38-39H,13H2. The van der Waals surface area contributed by atoms with Crippen molar-refractivity contribution < 1.29 is 59.2 Å². The highest BCUT2D eigenvalue weighted by Crippen LogP contribution is 2.37. The van der Waals surface area contributed by atoms with Crippen LogP contribution in [0.5, 0.6) is 28.7 Å². The number of carbonyl (C=O) groups excluding carboxylic acids is 1. The van der Waals surface area contributed by atoms with E-state index in [0.29, 0.717) is 5.56 Å². The minimum atomic E-state index is -1.86. The molecule has 1 aliphatic heterocycles. The first-order chi connectivity index (χ1) is 20.5. The van der Waals surface area contributed by atoms with E-state index >= 15 is 0 Å². The second kappa shape index (κ2) is 12.1. The molecule has 1 aliphatic rings. The number of hydrogen-bond acceptors (Lipinski definition) is 13. The highest BCUT2D eigenvalue weighted by molar-refractivity contribution is 5.91. The molecular formula is C30H26O13. The first kappa shape index (κ1) is 29.6. The summed E-state index contributed by atoms with van der Waals surface area (Å²) in [4.78, 5) is 26.1. The molecule has 0 spiro atoms. The molecule has 224 valence electrons. The molecule has 0 radical (unpaired) electrons. The summed E-state index contributed by atoms with van der Waals surface area (Å²) in [5.41, 5.74) is -0.355. The Labute approximate surface area is 242 Å². The van der Waals surface area contributed by atoms with E-state index in [-0.39, 0.29) is 39.5 Å². The first-order valence-electron chi connectivity index (χ1n) is 12.8. The van der Waals surface area contributed by atoms with Crippen molar-refractivity contribution in [3.8, 4) is 40.1 Å². The molecule has 1 aromatic heterocycles. The Morgan fingerprint density at radius 2 is 1.53 bits per heavy atom. The third-order valence-electron chi connectivity index (χ3n) is 6.64. The van der Waals surface area contributed by atoms with Crippen molar-refractivity contribution in [3.63, 3.8) is 0 Å². The van der Waals surface area contributed by atoms with Crippen LogP contribution in [-0.4, -0.2) is 79.0 Å². The Morgan fingerprint density at radius 3 is 2.19 bits per heavy atom. The number of aliphatic hydroxyl groups excluding tert-OH is 4. The van der Waals surface area contributed by atoms with Gasteiger partial charge in [0, 0.05) is 23.8 Å². The van der Waals surface area contributed by atoms with E-state index in [1.54, 1.807) is 12.1 Å². The summed E-state index contributed by atoms with van der Waals surface area (Å²) in [5, 5.41) is 69.7. The van der Waals surface area contributed by atoms with Gasteiger partial charge in [-0.1, -0.05) is 12.1 Å². The predicted molar refractivity (Wildman–Crippen MR) is 148 cm³/mol. The predicted octanol–water partition coefficient (Wildman–Crippen LogP) is 1.37. The fourth-order valence-corrected chi connectivity index (χ4v) is 4.41. The van der Waals surface area contributed by atoms with E-state index < -0.39 is 60.2 Å². The lowest BCUT2D eigenvalue weighted by Gasteiger charge is -2.39. The van der Waals surface area contributed by atoms with Gasteiger partial charge in [0.2, 0.25) is 17.5 Å². The van der Waals surface area contributed by atoms with Crippen LogP contribution in [0, 0.1) is 0 Å². The fourth-order valence-electron chi connectivity index (χ4n) is 4.41. The van der Waals surface area contributed by atoms with Crippen molar-refractivity contribution in [2.24, 2.45) is 0 Å². The number of hydrogen-bond donors (Lipinski definition) is 7. The molecule has 1 saturated heterocycles. The van der Waals surface area contributed by atoms with E-state index in [1.807, 2.05) is 0 Å². The zero-order valence-electron chi connectivity index (χ0n) is 22.1. The quantitative estimate of drug-likeness (QED) is 0.0915. The average molecular weight is 595 g/mol. The van der Waals surface area contributed by atoms with Crippen LogP contribution in [0.3, 0.4) is 0 Å². The number of phenols is 3. The van der Waals surface area contributed by atoms with E-state index in [2.05, 4.69) is 0 Å². The molecule has 7 N–H and O–H groups in total. The third-order valence-corrected chi connectivity index (χ3v) is 6.64. The largest absolute Gasteiger partial charge is 0.508 e. The van der Waals surface area contributed by atoms with Crippen LogP contribution < -0.4 is 14.9 Å².